The van der Waals surface area contributed by atoms with Crippen molar-refractivity contribution in [2.24, 2.45) is 0 Å². The summed E-state index contributed by atoms with van der Waals surface area (Å²) in [6, 6.07) is 18.6. The van der Waals surface area contributed by atoms with Crippen LogP contribution in [0.2, 0.25) is 5.02 Å². The summed E-state index contributed by atoms with van der Waals surface area (Å²) in [5, 5.41) is 0.774. The molecule has 0 heterocycles. The fourth-order valence-electron chi connectivity index (χ4n) is 1.31. The van der Waals surface area contributed by atoms with Crippen molar-refractivity contribution in [3.63, 3.8) is 0 Å². The van der Waals surface area contributed by atoms with Gasteiger partial charge in [-0.25, -0.2) is 0 Å². The Hall–Kier alpha value is -1.53. The second-order valence-corrected chi connectivity index (χ2v) is 3.60. The molecule has 0 spiro atoms. The lowest BCUT2D eigenvalue weighted by atomic mass is 10.1. The van der Waals surface area contributed by atoms with Crippen LogP contribution < -0.4 is 0 Å². The maximum absolute atomic E-state index is 6.03. The number of hydrogen-bond acceptors (Lipinski definition) is 0. The Bertz CT molecular complexity index is 458. The summed E-state index contributed by atoms with van der Waals surface area (Å²) < 4.78 is 0. The minimum Gasteiger partial charge on any atom is -0.0837 e. The molecule has 0 aliphatic carbocycles. The largest absolute Gasteiger partial charge is 0.0837 e. The molecule has 2 rings (SSSR count). The monoisotopic (exact) mass is 213 g/mol. The first kappa shape index (κ1) is 10.0. The van der Waals surface area contributed by atoms with Crippen molar-refractivity contribution < 1.29 is 0 Å². The van der Waals surface area contributed by atoms with Crippen LogP contribution in [0.4, 0.5) is 0 Å². The van der Waals surface area contributed by atoms with Gasteiger partial charge in [-0.2, -0.15) is 0 Å². The molecule has 0 bridgehead atoms. The fraction of sp³-hybridized carbons (Fsp3) is 0. The van der Waals surface area contributed by atoms with Crippen molar-refractivity contribution in [3.8, 4) is 0 Å². The Morgan fingerprint density at radius 1 is 0.933 bits per heavy atom. The van der Waals surface area contributed by atoms with E-state index in [2.05, 4.69) is 6.07 Å². The molecular weight excluding hydrogens is 204 g/mol. The van der Waals surface area contributed by atoms with E-state index in [1.807, 2.05) is 60.7 Å². The smallest absolute Gasteiger partial charge is 0.0478 e. The van der Waals surface area contributed by atoms with E-state index in [1.165, 1.54) is 0 Å². The Labute approximate surface area is 94.8 Å². The van der Waals surface area contributed by atoms with Crippen molar-refractivity contribution in [2.45, 2.75) is 0 Å². The molecule has 0 aromatic heterocycles. The standard InChI is InChI=1S/C14H10Cl/c15-14-9-5-4-8-13(14)11-10-12-6-2-1-3-7-12/h2-11H. The van der Waals surface area contributed by atoms with Crippen molar-refractivity contribution in [1.29, 1.82) is 0 Å². The molecule has 0 N–H and O–H groups in total. The fourth-order valence-corrected chi connectivity index (χ4v) is 1.51. The van der Waals surface area contributed by atoms with Crippen LogP contribution >= 0.6 is 11.6 Å². The van der Waals surface area contributed by atoms with Gasteiger partial charge >= 0.3 is 0 Å². The van der Waals surface area contributed by atoms with Crippen LogP contribution in [0.5, 0.6) is 0 Å². The SMILES string of the molecule is Clc1ccccc1C=Cc1cc[c]cc1. The van der Waals surface area contributed by atoms with E-state index < -0.39 is 0 Å². The molecule has 0 amide bonds. The lowest BCUT2D eigenvalue weighted by molar-refractivity contribution is 1.64. The van der Waals surface area contributed by atoms with E-state index in [0.29, 0.717) is 0 Å². The highest BCUT2D eigenvalue weighted by Crippen LogP contribution is 2.17. The third-order valence-electron chi connectivity index (χ3n) is 2.10. The summed E-state index contributed by atoms with van der Waals surface area (Å²) in [6.45, 7) is 0. The molecule has 2 aromatic carbocycles. The molecule has 0 atom stereocenters. The molecule has 0 fully saturated rings. The van der Waals surface area contributed by atoms with Gasteiger partial charge in [0, 0.05) is 5.02 Å². The first-order valence-corrected chi connectivity index (χ1v) is 5.13. The van der Waals surface area contributed by atoms with Gasteiger partial charge in [0.15, 0.2) is 0 Å². The van der Waals surface area contributed by atoms with Crippen molar-refractivity contribution in [3.05, 3.63) is 70.7 Å². The van der Waals surface area contributed by atoms with E-state index in [-0.39, 0.29) is 0 Å². The molecule has 0 aliphatic heterocycles. The lowest BCUT2D eigenvalue weighted by Crippen LogP contribution is -1.73. The summed E-state index contributed by atoms with van der Waals surface area (Å²) in [5.41, 5.74) is 2.18. The topological polar surface area (TPSA) is 0 Å². The highest BCUT2D eigenvalue weighted by atomic mass is 35.5. The number of benzene rings is 2. The maximum atomic E-state index is 6.03. The van der Waals surface area contributed by atoms with Crippen LogP contribution in [0.3, 0.4) is 0 Å². The summed E-state index contributed by atoms with van der Waals surface area (Å²) in [7, 11) is 0. The van der Waals surface area contributed by atoms with Gasteiger partial charge in [0.1, 0.15) is 0 Å². The number of halogens is 1. The minimum atomic E-state index is 0.774. The van der Waals surface area contributed by atoms with E-state index in [4.69, 9.17) is 11.6 Å². The van der Waals surface area contributed by atoms with Crippen LogP contribution in [-0.2, 0) is 0 Å². The molecule has 1 heteroatoms. The predicted molar refractivity (Wildman–Crippen MR) is 65.7 cm³/mol. The van der Waals surface area contributed by atoms with Crippen LogP contribution in [0, 0.1) is 6.07 Å². The van der Waals surface area contributed by atoms with Crippen molar-refractivity contribution in [2.75, 3.05) is 0 Å². The zero-order valence-electron chi connectivity index (χ0n) is 8.15. The van der Waals surface area contributed by atoms with Gasteiger partial charge in [-0.15, -0.1) is 0 Å². The Morgan fingerprint density at radius 3 is 2.40 bits per heavy atom. The molecule has 73 valence electrons. The van der Waals surface area contributed by atoms with Gasteiger partial charge in [-0.1, -0.05) is 66.2 Å². The third kappa shape index (κ3) is 2.71. The summed E-state index contributed by atoms with van der Waals surface area (Å²) in [5.74, 6) is 0. The first-order valence-electron chi connectivity index (χ1n) is 4.75. The Kier molecular flexibility index (Phi) is 3.21. The molecule has 0 aliphatic rings. The second-order valence-electron chi connectivity index (χ2n) is 3.19. The van der Waals surface area contributed by atoms with E-state index in [0.717, 1.165) is 16.1 Å². The predicted octanol–water partition coefficient (Wildman–Crippen LogP) is 4.31. The van der Waals surface area contributed by atoms with Crippen LogP contribution in [-0.4, -0.2) is 0 Å². The first-order chi connectivity index (χ1) is 7.36. The van der Waals surface area contributed by atoms with Gasteiger partial charge in [0.2, 0.25) is 0 Å². The molecule has 0 unspecified atom stereocenters. The maximum Gasteiger partial charge on any atom is 0.0478 e. The summed E-state index contributed by atoms with van der Waals surface area (Å²) >= 11 is 6.03. The van der Waals surface area contributed by atoms with Gasteiger partial charge in [0.05, 0.1) is 0 Å². The van der Waals surface area contributed by atoms with Gasteiger partial charge < -0.3 is 0 Å². The minimum absolute atomic E-state index is 0.774. The van der Waals surface area contributed by atoms with Crippen LogP contribution in [0.15, 0.2) is 48.5 Å². The summed E-state index contributed by atoms with van der Waals surface area (Å²) in [4.78, 5) is 0. The second kappa shape index (κ2) is 4.81. The summed E-state index contributed by atoms with van der Waals surface area (Å²) in [6.07, 6.45) is 4.05. The average molecular weight is 214 g/mol. The average Bonchev–Trinajstić information content (AvgIpc) is 2.29. The van der Waals surface area contributed by atoms with Gasteiger partial charge in [-0.3, -0.25) is 0 Å². The Morgan fingerprint density at radius 2 is 1.67 bits per heavy atom. The zero-order valence-corrected chi connectivity index (χ0v) is 8.91. The van der Waals surface area contributed by atoms with E-state index in [9.17, 15) is 0 Å². The molecule has 0 nitrogen and oxygen atoms in total. The van der Waals surface area contributed by atoms with Crippen molar-refractivity contribution in [1.82, 2.24) is 0 Å². The highest BCUT2D eigenvalue weighted by Gasteiger charge is 1.92. The van der Waals surface area contributed by atoms with Crippen LogP contribution in [0.25, 0.3) is 12.2 Å². The Balaban J connectivity index is 2.23. The van der Waals surface area contributed by atoms with Crippen molar-refractivity contribution >= 4 is 23.8 Å². The molecule has 1 radical (unpaired) electrons. The van der Waals surface area contributed by atoms with Crippen LogP contribution in [0.1, 0.15) is 11.1 Å². The van der Waals surface area contributed by atoms with Gasteiger partial charge in [0.25, 0.3) is 0 Å². The zero-order chi connectivity index (χ0) is 10.5. The third-order valence-corrected chi connectivity index (χ3v) is 2.45. The number of rotatable bonds is 2. The highest BCUT2D eigenvalue weighted by molar-refractivity contribution is 6.32. The normalized spacial score (nSPS) is 10.7. The molecular formula is C14H10Cl. The molecule has 0 saturated carbocycles. The molecule has 0 saturated heterocycles. The van der Waals surface area contributed by atoms with E-state index in [1.54, 1.807) is 0 Å². The lowest BCUT2D eigenvalue weighted by Gasteiger charge is -1.96. The quantitative estimate of drug-likeness (QED) is 0.652. The molecule has 15 heavy (non-hydrogen) atoms. The van der Waals surface area contributed by atoms with E-state index >= 15 is 0 Å². The van der Waals surface area contributed by atoms with Gasteiger partial charge in [-0.05, 0) is 23.3 Å². The molecule has 2 aromatic rings. The number of hydrogen-bond donors (Lipinski definition) is 0.